The van der Waals surface area contributed by atoms with E-state index < -0.39 is 41.9 Å². The third kappa shape index (κ3) is 9.97. The third-order valence-corrected chi connectivity index (χ3v) is 5.92. The molecule has 0 heterocycles. The Morgan fingerprint density at radius 3 is 2.03 bits per heavy atom. The van der Waals surface area contributed by atoms with Gasteiger partial charge in [0, 0.05) is 30.1 Å². The zero-order chi connectivity index (χ0) is 27.4. The minimum atomic E-state index is -1.14. The summed E-state index contributed by atoms with van der Waals surface area (Å²) in [6.45, 7) is 12.2. The molecule has 0 saturated heterocycles. The number of amides is 3. The fourth-order valence-electron chi connectivity index (χ4n) is 3.95. The maximum absolute atomic E-state index is 13.1. The molecule has 3 amide bonds. The van der Waals surface area contributed by atoms with E-state index in [1.165, 1.54) is 6.92 Å². The molecule has 1 aromatic rings. The highest BCUT2D eigenvalue weighted by Gasteiger charge is 2.28. The number of carboxylic acids is 1. The third-order valence-electron chi connectivity index (χ3n) is 5.92. The highest BCUT2D eigenvalue weighted by molar-refractivity contribution is 5.99. The zero-order valence-corrected chi connectivity index (χ0v) is 22.4. The second-order valence-electron chi connectivity index (χ2n) is 9.86. The topological polar surface area (TPSA) is 136 Å². The van der Waals surface area contributed by atoms with Crippen molar-refractivity contribution in [3.8, 4) is 0 Å². The first-order chi connectivity index (χ1) is 16.9. The van der Waals surface area contributed by atoms with E-state index in [1.807, 2.05) is 27.7 Å². The molecule has 0 spiro atoms. The van der Waals surface area contributed by atoms with Gasteiger partial charge in [-0.3, -0.25) is 19.2 Å². The molecule has 4 N–H and O–H groups in total. The van der Waals surface area contributed by atoms with Gasteiger partial charge in [0.25, 0.3) is 11.8 Å². The summed E-state index contributed by atoms with van der Waals surface area (Å²) in [4.78, 5) is 51.1. The van der Waals surface area contributed by atoms with Crippen molar-refractivity contribution >= 4 is 23.7 Å². The molecule has 1 rings (SSSR count). The van der Waals surface area contributed by atoms with E-state index in [1.54, 1.807) is 36.1 Å². The number of aliphatic hydroxyl groups is 1. The molecular weight excluding hydrogens is 462 g/mol. The minimum Gasteiger partial charge on any atom is -0.480 e. The number of aliphatic hydroxyl groups excluding tert-OH is 1. The second kappa shape index (κ2) is 15.2. The summed E-state index contributed by atoms with van der Waals surface area (Å²) in [5.74, 6) is -2.66. The summed E-state index contributed by atoms with van der Waals surface area (Å²) in [6, 6.07) is 4.89. The molecule has 4 atom stereocenters. The van der Waals surface area contributed by atoms with E-state index in [-0.39, 0.29) is 18.2 Å². The van der Waals surface area contributed by atoms with Gasteiger partial charge in [0.15, 0.2) is 0 Å². The molecule has 9 heteroatoms. The molecule has 9 nitrogen and oxygen atoms in total. The summed E-state index contributed by atoms with van der Waals surface area (Å²) < 4.78 is 0. The second-order valence-corrected chi connectivity index (χ2v) is 9.86. The first-order valence-electron chi connectivity index (χ1n) is 12.8. The highest BCUT2D eigenvalue weighted by Crippen LogP contribution is 2.17. The number of carboxylic acid groups (broad SMARTS) is 1. The van der Waals surface area contributed by atoms with E-state index in [2.05, 4.69) is 10.6 Å². The van der Waals surface area contributed by atoms with Crippen molar-refractivity contribution in [2.24, 2.45) is 11.8 Å². The lowest BCUT2D eigenvalue weighted by molar-refractivity contribution is -0.142. The molecule has 1 aromatic carbocycles. The number of hydrogen-bond acceptors (Lipinski definition) is 5. The molecule has 0 bridgehead atoms. The molecule has 0 aliphatic carbocycles. The number of nitrogens with zero attached hydrogens (tertiary/aromatic N) is 1. The Kier molecular flexibility index (Phi) is 13.2. The van der Waals surface area contributed by atoms with Crippen LogP contribution >= 0.6 is 0 Å². The Morgan fingerprint density at radius 1 is 0.917 bits per heavy atom. The van der Waals surface area contributed by atoms with Gasteiger partial charge in [-0.1, -0.05) is 40.7 Å². The molecule has 36 heavy (non-hydrogen) atoms. The Hall–Kier alpha value is -2.94. The van der Waals surface area contributed by atoms with E-state index >= 15 is 0 Å². The molecule has 0 saturated carbocycles. The Bertz CT molecular complexity index is 882. The van der Waals surface area contributed by atoms with Crippen molar-refractivity contribution in [2.45, 2.75) is 85.4 Å². The Labute approximate surface area is 214 Å². The maximum atomic E-state index is 13.1. The van der Waals surface area contributed by atoms with Crippen LogP contribution in [0, 0.1) is 11.8 Å². The Morgan fingerprint density at radius 2 is 1.50 bits per heavy atom. The first-order valence-corrected chi connectivity index (χ1v) is 12.8. The standard InChI is InChI=1S/C27H43N3O6/c1-7-12-30(13-8-2)26(34)21-11-9-10-20(16-21)25(33)29-22(14-17(3)4)23(31)15-18(5)24(32)28-19(6)27(35)36/h9-11,16-19,22-23,31H,7-8,12-15H2,1-6H3,(H,28,32)(H,29,33)(H,35,36). The summed E-state index contributed by atoms with van der Waals surface area (Å²) in [5.41, 5.74) is 0.749. The number of benzene rings is 1. The highest BCUT2D eigenvalue weighted by atomic mass is 16.4. The Balaban J connectivity index is 2.97. The van der Waals surface area contributed by atoms with E-state index in [9.17, 15) is 24.3 Å². The smallest absolute Gasteiger partial charge is 0.325 e. The van der Waals surface area contributed by atoms with Crippen LogP contribution in [0.4, 0.5) is 0 Å². The summed E-state index contributed by atoms with van der Waals surface area (Å²) >= 11 is 0. The van der Waals surface area contributed by atoms with E-state index in [4.69, 9.17) is 5.11 Å². The van der Waals surface area contributed by atoms with Crippen molar-refractivity contribution in [3.05, 3.63) is 35.4 Å². The number of aliphatic carboxylic acids is 1. The largest absolute Gasteiger partial charge is 0.480 e. The van der Waals surface area contributed by atoms with Crippen LogP contribution in [-0.2, 0) is 9.59 Å². The first kappa shape index (κ1) is 31.1. The number of hydrogen-bond donors (Lipinski definition) is 4. The van der Waals surface area contributed by atoms with Crippen LogP contribution in [0.15, 0.2) is 24.3 Å². The molecule has 0 aromatic heterocycles. The SMILES string of the molecule is CCCN(CCC)C(=O)c1cccc(C(=O)NC(CC(C)C)C(O)CC(C)C(=O)NC(C)C(=O)O)c1. The molecule has 202 valence electrons. The monoisotopic (exact) mass is 505 g/mol. The fraction of sp³-hybridized carbons (Fsp3) is 0.630. The summed E-state index contributed by atoms with van der Waals surface area (Å²) in [5, 5.41) is 25.1. The van der Waals surface area contributed by atoms with Crippen molar-refractivity contribution in [3.63, 3.8) is 0 Å². The van der Waals surface area contributed by atoms with Gasteiger partial charge in [-0.05, 0) is 56.7 Å². The van der Waals surface area contributed by atoms with Crippen molar-refractivity contribution in [2.75, 3.05) is 13.1 Å². The summed E-state index contributed by atoms with van der Waals surface area (Å²) in [6.07, 6.45) is 1.19. The predicted octanol–water partition coefficient (Wildman–Crippen LogP) is 3.07. The van der Waals surface area contributed by atoms with Crippen LogP contribution in [0.2, 0.25) is 0 Å². The van der Waals surface area contributed by atoms with Gasteiger partial charge in [-0.2, -0.15) is 0 Å². The van der Waals surface area contributed by atoms with Crippen LogP contribution in [0.3, 0.4) is 0 Å². The number of nitrogens with one attached hydrogen (secondary N) is 2. The molecular formula is C27H43N3O6. The van der Waals surface area contributed by atoms with Crippen LogP contribution in [0.5, 0.6) is 0 Å². The average Bonchev–Trinajstić information content (AvgIpc) is 2.82. The van der Waals surface area contributed by atoms with E-state index in [0.29, 0.717) is 30.6 Å². The van der Waals surface area contributed by atoms with Crippen LogP contribution in [0.25, 0.3) is 0 Å². The molecule has 0 radical (unpaired) electrons. The summed E-state index contributed by atoms with van der Waals surface area (Å²) in [7, 11) is 0. The number of carbonyl (C=O) groups excluding carboxylic acids is 3. The molecule has 4 unspecified atom stereocenters. The van der Waals surface area contributed by atoms with Gasteiger partial charge in [0.2, 0.25) is 5.91 Å². The number of carbonyl (C=O) groups is 4. The van der Waals surface area contributed by atoms with Crippen molar-refractivity contribution in [1.82, 2.24) is 15.5 Å². The van der Waals surface area contributed by atoms with Crippen LogP contribution in [0.1, 0.15) is 87.9 Å². The van der Waals surface area contributed by atoms with Crippen molar-refractivity contribution in [1.29, 1.82) is 0 Å². The number of rotatable bonds is 15. The van der Waals surface area contributed by atoms with Crippen LogP contribution in [-0.4, -0.2) is 70.1 Å². The lowest BCUT2D eigenvalue weighted by Gasteiger charge is -2.28. The van der Waals surface area contributed by atoms with Gasteiger partial charge in [-0.25, -0.2) is 0 Å². The molecule has 0 fully saturated rings. The molecule has 0 aliphatic heterocycles. The van der Waals surface area contributed by atoms with Crippen LogP contribution < -0.4 is 10.6 Å². The quantitative estimate of drug-likeness (QED) is 0.289. The van der Waals surface area contributed by atoms with Crippen molar-refractivity contribution < 1.29 is 29.4 Å². The minimum absolute atomic E-state index is 0.0529. The lowest BCUT2D eigenvalue weighted by atomic mass is 9.92. The fourth-order valence-corrected chi connectivity index (χ4v) is 3.95. The van der Waals surface area contributed by atoms with Gasteiger partial charge < -0.3 is 25.7 Å². The predicted molar refractivity (Wildman–Crippen MR) is 139 cm³/mol. The molecule has 0 aliphatic rings. The van der Waals surface area contributed by atoms with E-state index in [0.717, 1.165) is 12.8 Å². The average molecular weight is 506 g/mol. The van der Waals surface area contributed by atoms with Gasteiger partial charge in [0.1, 0.15) is 6.04 Å². The van der Waals surface area contributed by atoms with Gasteiger partial charge >= 0.3 is 5.97 Å². The van der Waals surface area contributed by atoms with Gasteiger partial charge in [-0.15, -0.1) is 0 Å². The maximum Gasteiger partial charge on any atom is 0.325 e. The normalized spacial score (nSPS) is 14.4. The lowest BCUT2D eigenvalue weighted by Crippen LogP contribution is -2.47. The zero-order valence-electron chi connectivity index (χ0n) is 22.4. The van der Waals surface area contributed by atoms with Gasteiger partial charge in [0.05, 0.1) is 12.1 Å².